The number of hydrogen-bond donors (Lipinski definition) is 2. The summed E-state index contributed by atoms with van der Waals surface area (Å²) in [5.41, 5.74) is 1.90. The number of halogens is 1. The molecule has 0 atom stereocenters. The Morgan fingerprint density at radius 3 is 2.46 bits per heavy atom. The highest BCUT2D eigenvalue weighted by Crippen LogP contribution is 2.24. The van der Waals surface area contributed by atoms with Crippen LogP contribution in [-0.4, -0.2) is 36.3 Å². The van der Waals surface area contributed by atoms with Gasteiger partial charge in [0.05, 0.1) is 17.3 Å². The summed E-state index contributed by atoms with van der Waals surface area (Å²) in [5.74, 6) is -0.168. The van der Waals surface area contributed by atoms with Gasteiger partial charge in [0.1, 0.15) is 0 Å². The number of carbonyl (C=O) groups excluding carboxylic acids is 2. The molecule has 2 aromatic carbocycles. The lowest BCUT2D eigenvalue weighted by molar-refractivity contribution is -0.114. The lowest BCUT2D eigenvalue weighted by atomic mass is 10.1. The van der Waals surface area contributed by atoms with Crippen LogP contribution in [0.5, 0.6) is 0 Å². The number of nitrogens with zero attached hydrogens (tertiary/aromatic N) is 1. The molecular formula is C20H22ClN3O2. The molecule has 1 saturated heterocycles. The maximum absolute atomic E-state index is 12.6. The van der Waals surface area contributed by atoms with E-state index >= 15 is 0 Å². The lowest BCUT2D eigenvalue weighted by Gasteiger charge is -2.27. The molecule has 0 saturated carbocycles. The number of carbonyl (C=O) groups is 2. The highest BCUT2D eigenvalue weighted by molar-refractivity contribution is 6.33. The highest BCUT2D eigenvalue weighted by atomic mass is 35.5. The Morgan fingerprint density at radius 2 is 1.73 bits per heavy atom. The van der Waals surface area contributed by atoms with E-state index in [9.17, 15) is 9.59 Å². The van der Waals surface area contributed by atoms with Crippen molar-refractivity contribution in [1.82, 2.24) is 4.90 Å². The van der Waals surface area contributed by atoms with Gasteiger partial charge < -0.3 is 15.5 Å². The summed E-state index contributed by atoms with van der Waals surface area (Å²) in [6.07, 6.45) is 3.27. The Hall–Kier alpha value is -2.53. The predicted octanol–water partition coefficient (Wildman–Crippen LogP) is 4.02. The molecule has 1 fully saturated rings. The summed E-state index contributed by atoms with van der Waals surface area (Å²) in [6.45, 7) is 1.66. The zero-order valence-corrected chi connectivity index (χ0v) is 15.3. The minimum atomic E-state index is -0.181. The molecule has 1 heterocycles. The minimum Gasteiger partial charge on any atom is -0.375 e. The third kappa shape index (κ3) is 4.76. The molecular weight excluding hydrogens is 350 g/mol. The van der Waals surface area contributed by atoms with Crippen molar-refractivity contribution in [2.45, 2.75) is 19.3 Å². The first kappa shape index (κ1) is 18.3. The summed E-state index contributed by atoms with van der Waals surface area (Å²) in [7, 11) is 0. The second kappa shape index (κ2) is 8.72. The zero-order chi connectivity index (χ0) is 18.4. The Kier molecular flexibility index (Phi) is 6.12. The van der Waals surface area contributed by atoms with Gasteiger partial charge >= 0.3 is 0 Å². The van der Waals surface area contributed by atoms with Gasteiger partial charge in [-0.3, -0.25) is 9.59 Å². The van der Waals surface area contributed by atoms with E-state index in [2.05, 4.69) is 10.6 Å². The largest absolute Gasteiger partial charge is 0.375 e. The van der Waals surface area contributed by atoms with E-state index < -0.39 is 0 Å². The van der Waals surface area contributed by atoms with Gasteiger partial charge in [0.15, 0.2) is 0 Å². The Labute approximate surface area is 158 Å². The molecule has 1 aliphatic heterocycles. The van der Waals surface area contributed by atoms with Crippen LogP contribution in [-0.2, 0) is 4.79 Å². The van der Waals surface area contributed by atoms with Crippen molar-refractivity contribution < 1.29 is 9.59 Å². The molecule has 136 valence electrons. The molecule has 6 heteroatoms. The van der Waals surface area contributed by atoms with E-state index in [1.165, 1.54) is 6.42 Å². The van der Waals surface area contributed by atoms with Crippen molar-refractivity contribution in [3.8, 4) is 0 Å². The third-order valence-electron chi connectivity index (χ3n) is 4.35. The van der Waals surface area contributed by atoms with Crippen LogP contribution in [0, 0.1) is 0 Å². The first-order valence-corrected chi connectivity index (χ1v) is 9.19. The number of hydrogen-bond acceptors (Lipinski definition) is 3. The summed E-state index contributed by atoms with van der Waals surface area (Å²) < 4.78 is 0. The average Bonchev–Trinajstić information content (AvgIpc) is 2.68. The van der Waals surface area contributed by atoms with Gasteiger partial charge in [-0.05, 0) is 49.6 Å². The van der Waals surface area contributed by atoms with Gasteiger partial charge in [0, 0.05) is 24.3 Å². The number of amides is 2. The van der Waals surface area contributed by atoms with Crippen molar-refractivity contribution >= 4 is 34.8 Å². The minimum absolute atomic E-state index is 0.0122. The molecule has 0 spiro atoms. The second-order valence-corrected chi connectivity index (χ2v) is 6.72. The zero-order valence-electron chi connectivity index (χ0n) is 14.5. The predicted molar refractivity (Wildman–Crippen MR) is 105 cm³/mol. The van der Waals surface area contributed by atoms with Gasteiger partial charge in [0.25, 0.3) is 5.91 Å². The van der Waals surface area contributed by atoms with Crippen LogP contribution < -0.4 is 10.6 Å². The van der Waals surface area contributed by atoms with Crippen LogP contribution in [0.25, 0.3) is 0 Å². The lowest BCUT2D eigenvalue weighted by Crippen LogP contribution is -2.35. The van der Waals surface area contributed by atoms with E-state index in [1.807, 2.05) is 35.2 Å². The first-order chi connectivity index (χ1) is 12.6. The van der Waals surface area contributed by atoms with E-state index in [0.717, 1.165) is 31.6 Å². The molecule has 0 aromatic heterocycles. The normalized spacial score (nSPS) is 14.0. The van der Waals surface area contributed by atoms with Gasteiger partial charge in [-0.15, -0.1) is 0 Å². The fourth-order valence-electron chi connectivity index (χ4n) is 2.98. The Bertz CT molecular complexity index is 774. The van der Waals surface area contributed by atoms with Crippen LogP contribution in [0.4, 0.5) is 11.4 Å². The smallest absolute Gasteiger partial charge is 0.253 e. The molecule has 0 aliphatic carbocycles. The van der Waals surface area contributed by atoms with Gasteiger partial charge in [-0.1, -0.05) is 29.8 Å². The molecule has 2 amide bonds. The highest BCUT2D eigenvalue weighted by Gasteiger charge is 2.19. The number of likely N-dealkylation sites (tertiary alicyclic amines) is 1. The standard InChI is InChI=1S/C20H22ClN3O2/c21-17-10-9-15(20(26)24-11-5-2-6-12-24)13-18(17)22-14-19(25)23-16-7-3-1-4-8-16/h1,3-4,7-10,13,22H,2,5-6,11-12,14H2,(H,23,25). The number of nitrogens with one attached hydrogen (secondary N) is 2. The monoisotopic (exact) mass is 371 g/mol. The molecule has 2 aromatic rings. The first-order valence-electron chi connectivity index (χ1n) is 8.81. The van der Waals surface area contributed by atoms with Crippen molar-refractivity contribution in [2.75, 3.05) is 30.3 Å². The molecule has 0 unspecified atom stereocenters. The van der Waals surface area contributed by atoms with Crippen molar-refractivity contribution in [1.29, 1.82) is 0 Å². The van der Waals surface area contributed by atoms with Crippen molar-refractivity contribution in [3.63, 3.8) is 0 Å². The maximum Gasteiger partial charge on any atom is 0.253 e. The summed E-state index contributed by atoms with van der Waals surface area (Å²) >= 11 is 6.21. The fourth-order valence-corrected chi connectivity index (χ4v) is 3.16. The number of benzene rings is 2. The molecule has 2 N–H and O–H groups in total. The SMILES string of the molecule is O=C(CNc1cc(C(=O)N2CCCCC2)ccc1Cl)Nc1ccccc1. The second-order valence-electron chi connectivity index (χ2n) is 6.32. The van der Waals surface area contributed by atoms with Crippen LogP contribution >= 0.6 is 11.6 Å². The van der Waals surface area contributed by atoms with Crippen LogP contribution in [0.1, 0.15) is 29.6 Å². The fraction of sp³-hybridized carbons (Fsp3) is 0.300. The molecule has 1 aliphatic rings. The van der Waals surface area contributed by atoms with E-state index in [0.29, 0.717) is 16.3 Å². The van der Waals surface area contributed by atoms with Crippen LogP contribution in [0.2, 0.25) is 5.02 Å². The molecule has 5 nitrogen and oxygen atoms in total. The average molecular weight is 372 g/mol. The Balaban J connectivity index is 1.62. The number of rotatable bonds is 5. The summed E-state index contributed by atoms with van der Waals surface area (Å²) in [6, 6.07) is 14.4. The van der Waals surface area contributed by atoms with E-state index in [-0.39, 0.29) is 18.4 Å². The number of piperidine rings is 1. The quantitative estimate of drug-likeness (QED) is 0.834. The van der Waals surface area contributed by atoms with Crippen LogP contribution in [0.3, 0.4) is 0 Å². The summed E-state index contributed by atoms with van der Waals surface area (Å²) in [5, 5.41) is 6.30. The van der Waals surface area contributed by atoms with Gasteiger partial charge in [-0.2, -0.15) is 0 Å². The summed E-state index contributed by atoms with van der Waals surface area (Å²) in [4.78, 5) is 26.6. The third-order valence-corrected chi connectivity index (χ3v) is 4.68. The van der Waals surface area contributed by atoms with Crippen LogP contribution in [0.15, 0.2) is 48.5 Å². The van der Waals surface area contributed by atoms with Gasteiger partial charge in [0.2, 0.25) is 5.91 Å². The van der Waals surface area contributed by atoms with E-state index in [4.69, 9.17) is 11.6 Å². The van der Waals surface area contributed by atoms with Crippen molar-refractivity contribution in [3.05, 3.63) is 59.1 Å². The molecule has 26 heavy (non-hydrogen) atoms. The van der Waals surface area contributed by atoms with Gasteiger partial charge in [-0.25, -0.2) is 0 Å². The number of anilines is 2. The molecule has 3 rings (SSSR count). The van der Waals surface area contributed by atoms with Crippen molar-refractivity contribution in [2.24, 2.45) is 0 Å². The topological polar surface area (TPSA) is 61.4 Å². The molecule has 0 radical (unpaired) electrons. The van der Waals surface area contributed by atoms with E-state index in [1.54, 1.807) is 18.2 Å². The molecule has 0 bridgehead atoms. The maximum atomic E-state index is 12.6. The Morgan fingerprint density at radius 1 is 1.00 bits per heavy atom. The number of para-hydroxylation sites is 1.